The predicted molar refractivity (Wildman–Crippen MR) is 108 cm³/mol. The third-order valence-electron chi connectivity index (χ3n) is 3.69. The van der Waals surface area contributed by atoms with E-state index in [-0.39, 0.29) is 11.6 Å². The van der Waals surface area contributed by atoms with Gasteiger partial charge in [-0.15, -0.1) is 11.8 Å². The summed E-state index contributed by atoms with van der Waals surface area (Å²) in [5.74, 6) is -0.123. The van der Waals surface area contributed by atoms with Gasteiger partial charge in [-0.2, -0.15) is 5.10 Å². The number of hydrogen-bond donors (Lipinski definition) is 2. The lowest BCUT2D eigenvalue weighted by atomic mass is 10.2. The van der Waals surface area contributed by atoms with Crippen LogP contribution in [0.1, 0.15) is 16.9 Å². The number of amides is 2. The van der Waals surface area contributed by atoms with Crippen LogP contribution in [0.5, 0.6) is 0 Å². The Morgan fingerprint density at radius 3 is 2.59 bits per heavy atom. The van der Waals surface area contributed by atoms with Gasteiger partial charge in [0.1, 0.15) is 5.69 Å². The number of hydrogen-bond acceptors (Lipinski definition) is 4. The number of thioether (sulfide) groups is 1. The second kappa shape index (κ2) is 8.75. The van der Waals surface area contributed by atoms with Gasteiger partial charge in [0.25, 0.3) is 5.91 Å². The van der Waals surface area contributed by atoms with Crippen molar-refractivity contribution in [1.82, 2.24) is 9.78 Å². The van der Waals surface area contributed by atoms with Gasteiger partial charge < -0.3 is 11.1 Å². The van der Waals surface area contributed by atoms with Crippen molar-refractivity contribution in [2.24, 2.45) is 5.73 Å². The van der Waals surface area contributed by atoms with Crippen LogP contribution in [0.4, 0.5) is 5.69 Å². The normalized spacial score (nSPS) is 10.6. The second-order valence-corrected chi connectivity index (χ2v) is 7.15. The molecule has 0 saturated carbocycles. The molecule has 0 unspecified atom stereocenters. The lowest BCUT2D eigenvalue weighted by Crippen LogP contribution is -2.15. The van der Waals surface area contributed by atoms with E-state index >= 15 is 0 Å². The van der Waals surface area contributed by atoms with E-state index in [9.17, 15) is 9.59 Å². The van der Waals surface area contributed by atoms with E-state index < -0.39 is 5.91 Å². The molecule has 2 amide bonds. The van der Waals surface area contributed by atoms with E-state index in [2.05, 4.69) is 10.4 Å². The summed E-state index contributed by atoms with van der Waals surface area (Å²) in [6, 6.07) is 16.3. The molecule has 8 heteroatoms. The molecule has 0 aliphatic rings. The van der Waals surface area contributed by atoms with Crippen LogP contribution in [-0.2, 0) is 4.79 Å². The van der Waals surface area contributed by atoms with Gasteiger partial charge in [-0.1, -0.05) is 35.9 Å². The lowest BCUT2D eigenvalue weighted by molar-refractivity contribution is -0.115. The van der Waals surface area contributed by atoms with Gasteiger partial charge in [0.2, 0.25) is 5.91 Å². The molecule has 3 N–H and O–H groups in total. The monoisotopic (exact) mass is 400 g/mol. The Kier molecular flexibility index (Phi) is 6.16. The van der Waals surface area contributed by atoms with E-state index in [0.717, 1.165) is 4.90 Å². The van der Waals surface area contributed by atoms with Gasteiger partial charge in [-0.3, -0.25) is 9.59 Å². The van der Waals surface area contributed by atoms with Crippen LogP contribution in [0.25, 0.3) is 5.69 Å². The quantitative estimate of drug-likeness (QED) is 0.591. The minimum absolute atomic E-state index is 0.121. The molecular formula is C19H17ClN4O2S. The molecule has 0 bridgehead atoms. The minimum atomic E-state index is -0.605. The van der Waals surface area contributed by atoms with Crippen molar-refractivity contribution in [3.05, 3.63) is 71.5 Å². The first kappa shape index (κ1) is 19.0. The molecule has 3 rings (SSSR count). The van der Waals surface area contributed by atoms with Crippen molar-refractivity contribution < 1.29 is 9.59 Å². The summed E-state index contributed by atoms with van der Waals surface area (Å²) in [5, 5.41) is 7.70. The number of nitrogens with one attached hydrogen (secondary N) is 1. The standard InChI is InChI=1S/C19H17ClN4O2S/c20-13-5-1-4-8-17(13)27-12-10-18(25)22-14-6-2-3-7-16(14)24-11-9-15(23-24)19(21)26/h1-9,11H,10,12H2,(H2,21,26)(H,22,25). The fourth-order valence-electron chi connectivity index (χ4n) is 2.40. The second-order valence-electron chi connectivity index (χ2n) is 5.60. The molecule has 0 atom stereocenters. The van der Waals surface area contributed by atoms with Crippen LogP contribution in [0.3, 0.4) is 0 Å². The number of nitrogens with two attached hydrogens (primary N) is 1. The maximum atomic E-state index is 12.3. The maximum absolute atomic E-state index is 12.3. The summed E-state index contributed by atoms with van der Waals surface area (Å²) < 4.78 is 1.51. The van der Waals surface area contributed by atoms with Crippen LogP contribution in [-0.4, -0.2) is 27.3 Å². The third-order valence-corrected chi connectivity index (χ3v) is 5.21. The fourth-order valence-corrected chi connectivity index (χ4v) is 3.58. The molecule has 138 valence electrons. The van der Waals surface area contributed by atoms with Crippen LogP contribution in [0.15, 0.2) is 65.7 Å². The highest BCUT2D eigenvalue weighted by molar-refractivity contribution is 7.99. The molecule has 3 aromatic rings. The number of benzene rings is 2. The Morgan fingerprint density at radius 2 is 1.85 bits per heavy atom. The number of aromatic nitrogens is 2. The molecule has 1 heterocycles. The van der Waals surface area contributed by atoms with Gasteiger partial charge in [-0.05, 0) is 30.3 Å². The van der Waals surface area contributed by atoms with E-state index in [0.29, 0.717) is 28.6 Å². The first-order valence-corrected chi connectivity index (χ1v) is 9.53. The molecule has 0 aliphatic carbocycles. The Labute approximate surface area is 165 Å². The number of nitrogens with zero attached hydrogens (tertiary/aromatic N) is 2. The number of para-hydroxylation sites is 2. The average molecular weight is 401 g/mol. The topological polar surface area (TPSA) is 90.0 Å². The molecule has 0 spiro atoms. The molecular weight excluding hydrogens is 384 g/mol. The number of primary amides is 1. The van der Waals surface area contributed by atoms with Crippen LogP contribution in [0, 0.1) is 0 Å². The van der Waals surface area contributed by atoms with Gasteiger partial charge in [-0.25, -0.2) is 4.68 Å². The van der Waals surface area contributed by atoms with Crippen molar-refractivity contribution in [2.45, 2.75) is 11.3 Å². The van der Waals surface area contributed by atoms with E-state index in [1.54, 1.807) is 18.3 Å². The largest absolute Gasteiger partial charge is 0.364 e. The van der Waals surface area contributed by atoms with Gasteiger partial charge in [0.05, 0.1) is 16.4 Å². The molecule has 0 aliphatic heterocycles. The first-order valence-electron chi connectivity index (χ1n) is 8.16. The van der Waals surface area contributed by atoms with E-state index in [4.69, 9.17) is 17.3 Å². The molecule has 27 heavy (non-hydrogen) atoms. The number of halogens is 1. The molecule has 1 aromatic heterocycles. The Morgan fingerprint density at radius 1 is 1.11 bits per heavy atom. The number of carbonyl (C=O) groups excluding carboxylic acids is 2. The van der Waals surface area contributed by atoms with Crippen LogP contribution >= 0.6 is 23.4 Å². The summed E-state index contributed by atoms with van der Waals surface area (Å²) in [6.07, 6.45) is 1.95. The first-order chi connectivity index (χ1) is 13.0. The zero-order chi connectivity index (χ0) is 19.2. The molecule has 6 nitrogen and oxygen atoms in total. The third kappa shape index (κ3) is 4.90. The zero-order valence-electron chi connectivity index (χ0n) is 14.3. The smallest absolute Gasteiger partial charge is 0.269 e. The van der Waals surface area contributed by atoms with E-state index in [1.165, 1.54) is 22.5 Å². The Balaban J connectivity index is 1.64. The molecule has 0 fully saturated rings. The zero-order valence-corrected chi connectivity index (χ0v) is 15.8. The molecule has 0 radical (unpaired) electrons. The highest BCUT2D eigenvalue weighted by Gasteiger charge is 2.11. The highest BCUT2D eigenvalue weighted by atomic mass is 35.5. The van der Waals surface area contributed by atoms with Crippen molar-refractivity contribution in [3.63, 3.8) is 0 Å². The van der Waals surface area contributed by atoms with Gasteiger partial charge in [0, 0.05) is 23.3 Å². The summed E-state index contributed by atoms with van der Waals surface area (Å²) in [6.45, 7) is 0. The van der Waals surface area contributed by atoms with Crippen molar-refractivity contribution >= 4 is 40.9 Å². The maximum Gasteiger partial charge on any atom is 0.269 e. The summed E-state index contributed by atoms with van der Waals surface area (Å²) in [5.41, 5.74) is 6.65. The fraction of sp³-hybridized carbons (Fsp3) is 0.105. The predicted octanol–water partition coefficient (Wildman–Crippen LogP) is 3.75. The average Bonchev–Trinajstić information content (AvgIpc) is 3.14. The van der Waals surface area contributed by atoms with Crippen LogP contribution < -0.4 is 11.1 Å². The van der Waals surface area contributed by atoms with Crippen LogP contribution in [0.2, 0.25) is 5.02 Å². The van der Waals surface area contributed by atoms with Crippen molar-refractivity contribution in [3.8, 4) is 5.69 Å². The lowest BCUT2D eigenvalue weighted by Gasteiger charge is -2.11. The molecule has 0 saturated heterocycles. The van der Waals surface area contributed by atoms with Crippen molar-refractivity contribution in [2.75, 3.05) is 11.1 Å². The number of carbonyl (C=O) groups is 2. The Hall–Kier alpha value is -2.77. The van der Waals surface area contributed by atoms with Crippen molar-refractivity contribution in [1.29, 1.82) is 0 Å². The minimum Gasteiger partial charge on any atom is -0.364 e. The summed E-state index contributed by atoms with van der Waals surface area (Å²) in [7, 11) is 0. The van der Waals surface area contributed by atoms with Gasteiger partial charge >= 0.3 is 0 Å². The highest BCUT2D eigenvalue weighted by Crippen LogP contribution is 2.27. The number of rotatable bonds is 7. The molecule has 2 aromatic carbocycles. The number of anilines is 1. The van der Waals surface area contributed by atoms with Gasteiger partial charge in [0.15, 0.2) is 0 Å². The van der Waals surface area contributed by atoms with E-state index in [1.807, 2.05) is 36.4 Å². The SMILES string of the molecule is NC(=O)c1ccn(-c2ccccc2NC(=O)CCSc2ccccc2Cl)n1. The summed E-state index contributed by atoms with van der Waals surface area (Å²) in [4.78, 5) is 24.5. The summed E-state index contributed by atoms with van der Waals surface area (Å²) >= 11 is 7.65. The Bertz CT molecular complexity index is 974.